The van der Waals surface area contributed by atoms with E-state index in [-0.39, 0.29) is 30.4 Å². The first-order valence-electron chi connectivity index (χ1n) is 8.47. The Hall–Kier alpha value is -1.14. The van der Waals surface area contributed by atoms with E-state index in [4.69, 9.17) is 32.7 Å². The fourth-order valence-corrected chi connectivity index (χ4v) is 4.10. The van der Waals surface area contributed by atoms with Crippen LogP contribution in [0.2, 0.25) is 10.3 Å². The summed E-state index contributed by atoms with van der Waals surface area (Å²) in [5, 5.41) is 0.380. The van der Waals surface area contributed by atoms with Crippen LogP contribution in [0.25, 0.3) is 11.3 Å². The summed E-state index contributed by atoms with van der Waals surface area (Å²) >= 11 is 14.3. The summed E-state index contributed by atoms with van der Waals surface area (Å²) in [7, 11) is 2.93. The van der Waals surface area contributed by atoms with Gasteiger partial charge in [0.25, 0.3) is 5.91 Å². The van der Waals surface area contributed by atoms with E-state index in [1.165, 1.54) is 18.2 Å². The number of fused-ring (bicyclic) bond motifs is 1. The quantitative estimate of drug-likeness (QED) is 0.204. The molecule has 7 nitrogen and oxygen atoms in total. The highest BCUT2D eigenvalue weighted by molar-refractivity contribution is 14.2. The summed E-state index contributed by atoms with van der Waals surface area (Å²) in [5.74, 6) is 0.0574. The third kappa shape index (κ3) is 5.13. The molecule has 1 unspecified atom stereocenters. The maximum atomic E-state index is 13.0. The zero-order valence-electron chi connectivity index (χ0n) is 15.2. The van der Waals surface area contributed by atoms with Gasteiger partial charge in [0.2, 0.25) is 5.28 Å². The van der Waals surface area contributed by atoms with Crippen LogP contribution in [0, 0.1) is 0 Å². The first kappa shape index (κ1) is 22.5. The van der Waals surface area contributed by atoms with Crippen LogP contribution in [0.3, 0.4) is 0 Å². The van der Waals surface area contributed by atoms with E-state index in [0.717, 1.165) is 11.3 Å². The van der Waals surface area contributed by atoms with E-state index in [2.05, 4.69) is 31.2 Å². The van der Waals surface area contributed by atoms with Gasteiger partial charge in [0.15, 0.2) is 0 Å². The molecular formula is C18H16Cl2IN3O4S. The largest absolute Gasteiger partial charge is 0.468 e. The number of nitrogens with zero attached hydrogens (tertiary/aromatic N) is 3. The first-order chi connectivity index (χ1) is 14.0. The van der Waals surface area contributed by atoms with Crippen molar-refractivity contribution in [3.8, 4) is 11.3 Å². The molecule has 1 aromatic heterocycles. The predicted octanol–water partition coefficient (Wildman–Crippen LogP) is 4.22. The lowest BCUT2D eigenvalue weighted by molar-refractivity contribution is -0.142. The number of aromatic nitrogens is 2. The first-order valence-corrected chi connectivity index (χ1v) is 12.8. The Bertz CT molecular complexity index is 934. The van der Waals surface area contributed by atoms with Crippen LogP contribution in [-0.4, -0.2) is 59.4 Å². The number of esters is 1. The lowest BCUT2D eigenvalue weighted by atomic mass is 10.0. The molecule has 1 atom stereocenters. The van der Waals surface area contributed by atoms with Crippen LogP contribution < -0.4 is 0 Å². The Morgan fingerprint density at radius 1 is 1.38 bits per heavy atom. The zero-order valence-corrected chi connectivity index (χ0v) is 19.7. The Morgan fingerprint density at radius 2 is 2.17 bits per heavy atom. The molecule has 0 saturated carbocycles. The van der Waals surface area contributed by atoms with Crippen LogP contribution in [-0.2, 0) is 14.3 Å². The second kappa shape index (κ2) is 10.3. The number of benzene rings is 1. The number of amides is 1. The highest BCUT2D eigenvalue weighted by atomic mass is 127. The van der Waals surface area contributed by atoms with Crippen molar-refractivity contribution in [3.05, 3.63) is 45.8 Å². The van der Waals surface area contributed by atoms with Crippen LogP contribution in [0.15, 0.2) is 24.4 Å². The molecule has 29 heavy (non-hydrogen) atoms. The molecule has 2 heterocycles. The predicted molar refractivity (Wildman–Crippen MR) is 121 cm³/mol. The minimum atomic E-state index is -0.496. The molecular weight excluding hydrogens is 552 g/mol. The Labute approximate surface area is 194 Å². The maximum Gasteiger partial charge on any atom is 0.325 e. The van der Waals surface area contributed by atoms with Crippen molar-refractivity contribution in [1.82, 2.24) is 14.9 Å². The van der Waals surface area contributed by atoms with Gasteiger partial charge in [-0.05, 0) is 44.4 Å². The summed E-state index contributed by atoms with van der Waals surface area (Å²) in [4.78, 5) is 34.4. The number of rotatable bonds is 8. The fraction of sp³-hybridized carbons (Fsp3) is 0.333. The van der Waals surface area contributed by atoms with E-state index < -0.39 is 5.97 Å². The van der Waals surface area contributed by atoms with Crippen LogP contribution >= 0.6 is 53.3 Å². The second-order valence-corrected chi connectivity index (χ2v) is 9.29. The van der Waals surface area contributed by atoms with Gasteiger partial charge in [-0.25, -0.2) is 9.97 Å². The lowest BCUT2D eigenvalue weighted by Gasteiger charge is -2.24. The van der Waals surface area contributed by atoms with E-state index >= 15 is 0 Å². The lowest BCUT2D eigenvalue weighted by Crippen LogP contribution is -2.35. The number of carbonyl (C=O) groups is 2. The molecule has 0 bridgehead atoms. The topological polar surface area (TPSA) is 81.6 Å². The molecule has 11 heteroatoms. The van der Waals surface area contributed by atoms with Gasteiger partial charge >= 0.3 is 5.97 Å². The van der Waals surface area contributed by atoms with Crippen molar-refractivity contribution in [2.24, 2.45) is 0 Å². The minimum absolute atomic E-state index is 0.0583. The molecule has 0 spiro atoms. The number of ether oxygens (including phenoxy) is 2. The third-order valence-electron chi connectivity index (χ3n) is 4.38. The fourth-order valence-electron chi connectivity index (χ4n) is 3.04. The molecule has 2 aromatic rings. The van der Waals surface area contributed by atoms with Crippen LogP contribution in [0.5, 0.6) is 0 Å². The van der Waals surface area contributed by atoms with E-state index in [0.29, 0.717) is 28.5 Å². The molecule has 0 fully saturated rings. The summed E-state index contributed by atoms with van der Waals surface area (Å²) in [6.45, 7) is 0.674. The molecule has 1 aliphatic heterocycles. The monoisotopic (exact) mass is 567 g/mol. The normalized spacial score (nSPS) is 15.5. The van der Waals surface area contributed by atoms with Gasteiger partial charge in [0, 0.05) is 16.9 Å². The van der Waals surface area contributed by atoms with Gasteiger partial charge in [-0.15, -0.1) is 0 Å². The number of methoxy groups -OCH3 is 1. The maximum absolute atomic E-state index is 13.0. The Morgan fingerprint density at radius 3 is 2.90 bits per heavy atom. The number of hydrogen-bond donors (Lipinski definition) is 0. The van der Waals surface area contributed by atoms with Gasteiger partial charge in [-0.1, -0.05) is 32.7 Å². The second-order valence-electron chi connectivity index (χ2n) is 6.05. The standard InChI is InChI=1S/C18H16Cl2IN3O4S/c1-27-15(25)8-24-14(9-28-4-5-29-21)11-3-2-10(6-12(11)17(24)26)16-13(19)7-22-18(20)23-16/h2-3,6-7,14H,4-5,8-9H2,1H3. The number of hydrogen-bond acceptors (Lipinski definition) is 7. The molecule has 0 saturated heterocycles. The van der Waals surface area contributed by atoms with Crippen molar-refractivity contribution in [3.63, 3.8) is 0 Å². The SMILES string of the molecule is COC(=O)CN1C(=O)c2cc(-c3nc(Cl)ncc3Cl)ccc2C1COCCSI. The molecule has 0 N–H and O–H groups in total. The number of carbonyl (C=O) groups excluding carboxylic acids is 2. The van der Waals surface area contributed by atoms with E-state index in [9.17, 15) is 9.59 Å². The van der Waals surface area contributed by atoms with Gasteiger partial charge < -0.3 is 14.4 Å². The van der Waals surface area contributed by atoms with Crippen molar-refractivity contribution < 1.29 is 19.1 Å². The summed E-state index contributed by atoms with van der Waals surface area (Å²) < 4.78 is 10.5. The van der Waals surface area contributed by atoms with E-state index in [1.807, 2.05) is 12.1 Å². The van der Waals surface area contributed by atoms with E-state index in [1.54, 1.807) is 15.0 Å². The van der Waals surface area contributed by atoms with Crippen LogP contribution in [0.4, 0.5) is 0 Å². The third-order valence-corrected chi connectivity index (χ3v) is 6.48. The van der Waals surface area contributed by atoms with Crippen LogP contribution in [0.1, 0.15) is 22.0 Å². The average Bonchev–Trinajstić information content (AvgIpc) is 2.98. The minimum Gasteiger partial charge on any atom is -0.468 e. The van der Waals surface area contributed by atoms with Gasteiger partial charge in [0.1, 0.15) is 6.54 Å². The molecule has 1 amide bonds. The van der Waals surface area contributed by atoms with Crippen molar-refractivity contribution >= 4 is 65.2 Å². The summed E-state index contributed by atoms with van der Waals surface area (Å²) in [6, 6.07) is 4.96. The van der Waals surface area contributed by atoms with Gasteiger partial charge in [-0.2, -0.15) is 0 Å². The average molecular weight is 568 g/mol. The van der Waals surface area contributed by atoms with Gasteiger partial charge in [0.05, 0.1) is 43.3 Å². The molecule has 3 rings (SSSR count). The zero-order chi connectivity index (χ0) is 21.0. The van der Waals surface area contributed by atoms with Crippen molar-refractivity contribution in [1.29, 1.82) is 0 Å². The van der Waals surface area contributed by atoms with Gasteiger partial charge in [-0.3, -0.25) is 9.59 Å². The smallest absolute Gasteiger partial charge is 0.325 e. The Kier molecular flexibility index (Phi) is 7.97. The summed E-state index contributed by atoms with van der Waals surface area (Å²) in [6.07, 6.45) is 1.41. The van der Waals surface area contributed by atoms with Crippen molar-refractivity contribution in [2.45, 2.75) is 6.04 Å². The molecule has 0 radical (unpaired) electrons. The Balaban J connectivity index is 1.94. The summed E-state index contributed by atoms with van der Waals surface area (Å²) in [5.41, 5.74) is 2.31. The number of halogens is 3. The highest BCUT2D eigenvalue weighted by Gasteiger charge is 2.38. The molecule has 0 aliphatic carbocycles. The molecule has 1 aliphatic rings. The molecule has 154 valence electrons. The molecule has 1 aromatic carbocycles. The highest BCUT2D eigenvalue weighted by Crippen LogP contribution is 2.37. The van der Waals surface area contributed by atoms with Crippen molar-refractivity contribution in [2.75, 3.05) is 32.6 Å².